The van der Waals surface area contributed by atoms with Gasteiger partial charge in [-0.2, -0.15) is 0 Å². The maximum atomic E-state index is 13.0. The van der Waals surface area contributed by atoms with Crippen molar-refractivity contribution < 1.29 is 9.18 Å². The summed E-state index contributed by atoms with van der Waals surface area (Å²) in [5, 5.41) is 0. The van der Waals surface area contributed by atoms with Crippen LogP contribution in [-0.2, 0) is 4.79 Å². The first kappa shape index (κ1) is 11.8. The van der Waals surface area contributed by atoms with Gasteiger partial charge in [0.05, 0.1) is 0 Å². The zero-order chi connectivity index (χ0) is 12.3. The van der Waals surface area contributed by atoms with Crippen molar-refractivity contribution in [3.05, 3.63) is 41.2 Å². The van der Waals surface area contributed by atoms with Crippen LogP contribution < -0.4 is 0 Å². The topological polar surface area (TPSA) is 20.3 Å². The molecule has 0 unspecified atom stereocenters. The monoisotopic (exact) mass is 233 g/mol. The molecule has 2 nitrogen and oxygen atoms in total. The molecule has 1 fully saturated rings. The van der Waals surface area contributed by atoms with E-state index in [0.29, 0.717) is 6.54 Å². The Bertz CT molecular complexity index is 453. The summed E-state index contributed by atoms with van der Waals surface area (Å²) in [7, 11) is 0. The van der Waals surface area contributed by atoms with Crippen LogP contribution in [0.25, 0.3) is 6.08 Å². The van der Waals surface area contributed by atoms with Gasteiger partial charge in [0, 0.05) is 20.0 Å². The van der Waals surface area contributed by atoms with E-state index in [4.69, 9.17) is 0 Å². The zero-order valence-electron chi connectivity index (χ0n) is 9.95. The summed E-state index contributed by atoms with van der Waals surface area (Å²) in [6, 6.07) is 6.53. The van der Waals surface area contributed by atoms with Gasteiger partial charge in [-0.05, 0) is 30.5 Å². The predicted octanol–water partition coefficient (Wildman–Crippen LogP) is 2.85. The highest BCUT2D eigenvalue weighted by molar-refractivity contribution is 5.74. The standard InChI is InChI=1S/C14H16FNO/c1-11(17)16-7-3-5-13(10-16)8-12-4-2-6-14(15)9-12/h2,4,6,8-9H,3,5,7,10H2,1H3/b13-8-. The Kier molecular flexibility index (Phi) is 3.57. The molecule has 1 aromatic carbocycles. The van der Waals surface area contributed by atoms with E-state index in [-0.39, 0.29) is 11.7 Å². The number of hydrogen-bond donors (Lipinski definition) is 0. The first-order valence-electron chi connectivity index (χ1n) is 5.85. The third-order valence-corrected chi connectivity index (χ3v) is 2.98. The second-order valence-electron chi connectivity index (χ2n) is 4.40. The Morgan fingerprint density at radius 2 is 2.29 bits per heavy atom. The van der Waals surface area contributed by atoms with Crippen molar-refractivity contribution in [1.29, 1.82) is 0 Å². The molecular weight excluding hydrogens is 217 g/mol. The fourth-order valence-electron chi connectivity index (χ4n) is 2.12. The Morgan fingerprint density at radius 3 is 3.00 bits per heavy atom. The van der Waals surface area contributed by atoms with Gasteiger partial charge >= 0.3 is 0 Å². The third-order valence-electron chi connectivity index (χ3n) is 2.98. The molecule has 0 spiro atoms. The van der Waals surface area contributed by atoms with Crippen molar-refractivity contribution in [2.24, 2.45) is 0 Å². The molecule has 17 heavy (non-hydrogen) atoms. The summed E-state index contributed by atoms with van der Waals surface area (Å²) < 4.78 is 13.0. The van der Waals surface area contributed by atoms with Crippen LogP contribution >= 0.6 is 0 Å². The number of rotatable bonds is 1. The van der Waals surface area contributed by atoms with Gasteiger partial charge in [-0.25, -0.2) is 4.39 Å². The van der Waals surface area contributed by atoms with Crippen LogP contribution in [0.2, 0.25) is 0 Å². The average molecular weight is 233 g/mol. The largest absolute Gasteiger partial charge is 0.339 e. The molecule has 1 aromatic rings. The minimum Gasteiger partial charge on any atom is -0.339 e. The maximum absolute atomic E-state index is 13.0. The van der Waals surface area contributed by atoms with Gasteiger partial charge in [0.25, 0.3) is 0 Å². The van der Waals surface area contributed by atoms with Gasteiger partial charge in [-0.3, -0.25) is 4.79 Å². The molecule has 0 saturated carbocycles. The molecule has 90 valence electrons. The van der Waals surface area contributed by atoms with Crippen LogP contribution in [0.4, 0.5) is 4.39 Å². The molecule has 1 saturated heterocycles. The van der Waals surface area contributed by atoms with Gasteiger partial charge in [-0.15, -0.1) is 0 Å². The van der Waals surface area contributed by atoms with Crippen molar-refractivity contribution in [1.82, 2.24) is 4.90 Å². The fraction of sp³-hybridized carbons (Fsp3) is 0.357. The van der Waals surface area contributed by atoms with Crippen LogP contribution in [0.1, 0.15) is 25.3 Å². The molecule has 0 aromatic heterocycles. The van der Waals surface area contributed by atoms with Crippen molar-refractivity contribution >= 4 is 12.0 Å². The van der Waals surface area contributed by atoms with Gasteiger partial charge in [0.1, 0.15) is 5.82 Å². The Labute approximate surface area is 101 Å². The Hall–Kier alpha value is -1.64. The molecular formula is C14H16FNO. The molecule has 0 bridgehead atoms. The van der Waals surface area contributed by atoms with Crippen LogP contribution in [0.15, 0.2) is 29.8 Å². The predicted molar refractivity (Wildman–Crippen MR) is 65.9 cm³/mol. The zero-order valence-corrected chi connectivity index (χ0v) is 9.95. The van der Waals surface area contributed by atoms with Crippen LogP contribution in [-0.4, -0.2) is 23.9 Å². The lowest BCUT2D eigenvalue weighted by Crippen LogP contribution is -2.34. The summed E-state index contributed by atoms with van der Waals surface area (Å²) in [6.07, 6.45) is 3.96. The second kappa shape index (κ2) is 5.13. The number of likely N-dealkylation sites (tertiary alicyclic amines) is 1. The Morgan fingerprint density at radius 1 is 1.47 bits per heavy atom. The second-order valence-corrected chi connectivity index (χ2v) is 4.40. The summed E-state index contributed by atoms with van der Waals surface area (Å²) >= 11 is 0. The average Bonchev–Trinajstić information content (AvgIpc) is 2.29. The molecule has 2 rings (SSSR count). The maximum Gasteiger partial charge on any atom is 0.219 e. The smallest absolute Gasteiger partial charge is 0.219 e. The van der Waals surface area contributed by atoms with Crippen molar-refractivity contribution in [2.45, 2.75) is 19.8 Å². The number of amides is 1. The summed E-state index contributed by atoms with van der Waals surface area (Å²) in [5.74, 6) is -0.117. The molecule has 0 atom stereocenters. The van der Waals surface area contributed by atoms with Crippen molar-refractivity contribution in [3.8, 4) is 0 Å². The first-order valence-corrected chi connectivity index (χ1v) is 5.85. The molecule has 0 radical (unpaired) electrons. The summed E-state index contributed by atoms with van der Waals surface area (Å²) in [5.41, 5.74) is 2.06. The quantitative estimate of drug-likeness (QED) is 0.730. The first-order chi connectivity index (χ1) is 8.15. The highest BCUT2D eigenvalue weighted by Gasteiger charge is 2.15. The van der Waals surface area contributed by atoms with E-state index in [1.165, 1.54) is 17.7 Å². The van der Waals surface area contributed by atoms with Crippen LogP contribution in [0.5, 0.6) is 0 Å². The van der Waals surface area contributed by atoms with Gasteiger partial charge in [0.15, 0.2) is 0 Å². The molecule has 3 heteroatoms. The lowest BCUT2D eigenvalue weighted by molar-refractivity contribution is -0.128. The van der Waals surface area contributed by atoms with Crippen LogP contribution in [0.3, 0.4) is 0 Å². The molecule has 1 aliphatic heterocycles. The number of nitrogens with zero attached hydrogens (tertiary/aromatic N) is 1. The molecule has 1 amide bonds. The van der Waals surface area contributed by atoms with Gasteiger partial charge < -0.3 is 4.90 Å². The number of carbonyl (C=O) groups excluding carboxylic acids is 1. The number of hydrogen-bond acceptors (Lipinski definition) is 1. The third kappa shape index (κ3) is 3.16. The van der Waals surface area contributed by atoms with Gasteiger partial charge in [-0.1, -0.05) is 23.8 Å². The van der Waals surface area contributed by atoms with Crippen molar-refractivity contribution in [2.75, 3.05) is 13.1 Å². The van der Waals surface area contributed by atoms with E-state index in [2.05, 4.69) is 0 Å². The highest BCUT2D eigenvalue weighted by Crippen LogP contribution is 2.19. The fourth-order valence-corrected chi connectivity index (χ4v) is 2.12. The number of piperidine rings is 1. The molecule has 0 N–H and O–H groups in total. The van der Waals surface area contributed by atoms with E-state index in [9.17, 15) is 9.18 Å². The minimum absolute atomic E-state index is 0.106. The van der Waals surface area contributed by atoms with E-state index in [1.807, 2.05) is 17.0 Å². The SMILES string of the molecule is CC(=O)N1CCC/C(=C/c2cccc(F)c2)C1. The normalized spacial score (nSPS) is 18.5. The molecule has 1 aliphatic rings. The lowest BCUT2D eigenvalue weighted by atomic mass is 10.0. The summed E-state index contributed by atoms with van der Waals surface area (Å²) in [4.78, 5) is 13.1. The van der Waals surface area contributed by atoms with E-state index in [0.717, 1.165) is 24.9 Å². The van der Waals surface area contributed by atoms with E-state index < -0.39 is 0 Å². The minimum atomic E-state index is -0.224. The van der Waals surface area contributed by atoms with Gasteiger partial charge in [0.2, 0.25) is 5.91 Å². The van der Waals surface area contributed by atoms with E-state index >= 15 is 0 Å². The lowest BCUT2D eigenvalue weighted by Gasteiger charge is -2.27. The Balaban J connectivity index is 2.14. The molecule has 0 aliphatic carbocycles. The van der Waals surface area contributed by atoms with E-state index in [1.54, 1.807) is 13.0 Å². The highest BCUT2D eigenvalue weighted by atomic mass is 19.1. The van der Waals surface area contributed by atoms with Crippen LogP contribution in [0, 0.1) is 5.82 Å². The number of benzene rings is 1. The summed E-state index contributed by atoms with van der Waals surface area (Å²) in [6.45, 7) is 3.09. The van der Waals surface area contributed by atoms with Crippen molar-refractivity contribution in [3.63, 3.8) is 0 Å². The number of halogens is 1. The number of carbonyl (C=O) groups is 1. The molecule has 1 heterocycles.